The molecule has 0 aliphatic carbocycles. The topological polar surface area (TPSA) is 123 Å². The van der Waals surface area contributed by atoms with Gasteiger partial charge in [0.15, 0.2) is 16.8 Å². The van der Waals surface area contributed by atoms with Gasteiger partial charge in [-0.1, -0.05) is 17.8 Å². The zero-order valence-corrected chi connectivity index (χ0v) is 21.0. The molecule has 1 aliphatic rings. The Kier molecular flexibility index (Phi) is 7.34. The van der Waals surface area contributed by atoms with Crippen molar-refractivity contribution in [2.24, 2.45) is 0 Å². The molecule has 0 spiro atoms. The number of nitrogens with one attached hydrogen (secondary N) is 1. The van der Waals surface area contributed by atoms with Crippen molar-refractivity contribution in [2.45, 2.75) is 57.5 Å². The zero-order chi connectivity index (χ0) is 25.1. The number of nitrogens with zero attached hydrogens (tertiary/aromatic N) is 5. The number of carbonyl (C=O) groups is 3. The van der Waals surface area contributed by atoms with Crippen molar-refractivity contribution in [3.05, 3.63) is 52.7 Å². The van der Waals surface area contributed by atoms with E-state index in [0.29, 0.717) is 58.8 Å². The maximum absolute atomic E-state index is 13.4. The molecule has 11 heteroatoms. The molecule has 3 aromatic rings. The summed E-state index contributed by atoms with van der Waals surface area (Å²) in [5.41, 5.74) is 1.92. The van der Waals surface area contributed by atoms with Crippen LogP contribution < -0.4 is 0 Å². The minimum atomic E-state index is -0.533. The SMILES string of the molecule is CCOC(=O)c1c(C)[nH]c(C(=O)C(C)Sc2nnc(CN3CCCC3=O)n2-c2ccccn2)c1C. The van der Waals surface area contributed by atoms with Gasteiger partial charge in [-0.2, -0.15) is 0 Å². The first-order chi connectivity index (χ1) is 16.8. The fraction of sp³-hybridized carbons (Fsp3) is 0.417. The molecule has 1 amide bonds. The largest absolute Gasteiger partial charge is 0.462 e. The lowest BCUT2D eigenvalue weighted by Crippen LogP contribution is -2.26. The van der Waals surface area contributed by atoms with Crippen LogP contribution in [0.4, 0.5) is 0 Å². The number of pyridine rings is 1. The van der Waals surface area contributed by atoms with Crippen LogP contribution in [-0.2, 0) is 16.1 Å². The third kappa shape index (κ3) is 5.00. The van der Waals surface area contributed by atoms with E-state index in [1.54, 1.807) is 43.4 Å². The number of H-pyrrole nitrogens is 1. The standard InChI is InChI=1S/C24H28N6O4S/c1-5-34-23(33)20-14(2)21(26-15(20)3)22(32)16(4)35-24-28-27-18(13-29-12-8-10-19(29)31)30(24)17-9-6-7-11-25-17/h6-7,9,11,16,26H,5,8,10,12-13H2,1-4H3. The van der Waals surface area contributed by atoms with Crippen LogP contribution >= 0.6 is 11.8 Å². The Balaban J connectivity index is 1.61. The quantitative estimate of drug-likeness (QED) is 0.272. The monoisotopic (exact) mass is 496 g/mol. The maximum Gasteiger partial charge on any atom is 0.340 e. The first kappa shape index (κ1) is 24.6. The second-order valence-corrected chi connectivity index (χ2v) is 9.62. The molecule has 1 aliphatic heterocycles. The highest BCUT2D eigenvalue weighted by molar-refractivity contribution is 8.00. The van der Waals surface area contributed by atoms with Crippen LogP contribution in [0.5, 0.6) is 0 Å². The zero-order valence-electron chi connectivity index (χ0n) is 20.2. The number of amides is 1. The highest BCUT2D eigenvalue weighted by atomic mass is 32.2. The Morgan fingerprint density at radius 1 is 1.26 bits per heavy atom. The molecule has 10 nitrogen and oxygen atoms in total. The average molecular weight is 497 g/mol. The van der Waals surface area contributed by atoms with Gasteiger partial charge in [-0.05, 0) is 51.8 Å². The first-order valence-electron chi connectivity index (χ1n) is 11.5. The van der Waals surface area contributed by atoms with Gasteiger partial charge >= 0.3 is 5.97 Å². The Bertz CT molecular complexity index is 1250. The number of ketones is 1. The van der Waals surface area contributed by atoms with Gasteiger partial charge in [0.1, 0.15) is 5.82 Å². The van der Waals surface area contributed by atoms with Crippen LogP contribution in [0.3, 0.4) is 0 Å². The van der Waals surface area contributed by atoms with Crippen molar-refractivity contribution in [1.29, 1.82) is 0 Å². The second-order valence-electron chi connectivity index (χ2n) is 8.31. The number of aryl methyl sites for hydroxylation is 1. The van der Waals surface area contributed by atoms with Gasteiger partial charge in [0.2, 0.25) is 5.91 Å². The molecule has 1 fully saturated rings. The van der Waals surface area contributed by atoms with E-state index in [1.807, 2.05) is 18.2 Å². The van der Waals surface area contributed by atoms with Crippen LogP contribution in [0.25, 0.3) is 5.82 Å². The molecular weight excluding hydrogens is 468 g/mol. The molecule has 4 rings (SSSR count). The fourth-order valence-corrected chi connectivity index (χ4v) is 5.09. The maximum atomic E-state index is 13.4. The van der Waals surface area contributed by atoms with E-state index in [2.05, 4.69) is 20.2 Å². The molecule has 0 bridgehead atoms. The number of Topliss-reactive ketones (excluding diaryl/α,β-unsaturated/α-hetero) is 1. The van der Waals surface area contributed by atoms with Crippen molar-refractivity contribution < 1.29 is 19.1 Å². The number of likely N-dealkylation sites (tertiary alicyclic amines) is 1. The third-order valence-corrected chi connectivity index (χ3v) is 6.94. The highest BCUT2D eigenvalue weighted by Crippen LogP contribution is 2.29. The summed E-state index contributed by atoms with van der Waals surface area (Å²) < 4.78 is 6.93. The van der Waals surface area contributed by atoms with Crippen LogP contribution in [0.15, 0.2) is 29.6 Å². The van der Waals surface area contributed by atoms with Crippen LogP contribution in [0.2, 0.25) is 0 Å². The Morgan fingerprint density at radius 2 is 2.06 bits per heavy atom. The summed E-state index contributed by atoms with van der Waals surface area (Å²) in [6, 6.07) is 5.51. The van der Waals surface area contributed by atoms with Gasteiger partial charge in [-0.25, -0.2) is 9.78 Å². The van der Waals surface area contributed by atoms with Crippen molar-refractivity contribution in [3.63, 3.8) is 0 Å². The number of carbonyl (C=O) groups excluding carboxylic acids is 3. The normalized spacial score (nSPS) is 14.4. The predicted octanol–water partition coefficient (Wildman–Crippen LogP) is 3.27. The summed E-state index contributed by atoms with van der Waals surface area (Å²) in [6.07, 6.45) is 3.03. The van der Waals surface area contributed by atoms with Crippen molar-refractivity contribution >= 4 is 29.4 Å². The number of thioether (sulfide) groups is 1. The second kappa shape index (κ2) is 10.4. The average Bonchev–Trinajstić information content (AvgIpc) is 3.51. The van der Waals surface area contributed by atoms with Gasteiger partial charge in [0.25, 0.3) is 0 Å². The molecule has 1 atom stereocenters. The summed E-state index contributed by atoms with van der Waals surface area (Å²) in [5.74, 6) is 0.663. The Morgan fingerprint density at radius 3 is 2.71 bits per heavy atom. The summed E-state index contributed by atoms with van der Waals surface area (Å²) >= 11 is 1.25. The lowest BCUT2D eigenvalue weighted by molar-refractivity contribution is -0.128. The fourth-order valence-electron chi connectivity index (χ4n) is 4.16. The van der Waals surface area contributed by atoms with Gasteiger partial charge in [-0.3, -0.25) is 14.2 Å². The van der Waals surface area contributed by atoms with Crippen molar-refractivity contribution in [2.75, 3.05) is 13.2 Å². The number of aromatic nitrogens is 5. The van der Waals surface area contributed by atoms with E-state index in [-0.39, 0.29) is 18.3 Å². The van der Waals surface area contributed by atoms with Crippen LogP contribution in [0.1, 0.15) is 64.6 Å². The number of esters is 1. The van der Waals surface area contributed by atoms with Gasteiger partial charge < -0.3 is 14.6 Å². The van der Waals surface area contributed by atoms with Gasteiger partial charge in [0, 0.05) is 24.9 Å². The van der Waals surface area contributed by atoms with Crippen LogP contribution in [-0.4, -0.2) is 65.7 Å². The summed E-state index contributed by atoms with van der Waals surface area (Å²) in [4.78, 5) is 47.1. The molecule has 3 aromatic heterocycles. The summed E-state index contributed by atoms with van der Waals surface area (Å²) in [7, 11) is 0. The first-order valence-corrected chi connectivity index (χ1v) is 12.4. The van der Waals surface area contributed by atoms with E-state index in [0.717, 1.165) is 6.42 Å². The lowest BCUT2D eigenvalue weighted by Gasteiger charge is -2.16. The number of rotatable bonds is 9. The molecule has 1 unspecified atom stereocenters. The van der Waals surface area contributed by atoms with E-state index in [4.69, 9.17) is 4.74 Å². The molecule has 4 heterocycles. The molecular formula is C24H28N6O4S. The number of ether oxygens (including phenoxy) is 1. The van der Waals surface area contributed by atoms with E-state index in [9.17, 15) is 14.4 Å². The van der Waals surface area contributed by atoms with Crippen molar-refractivity contribution in [1.82, 2.24) is 29.6 Å². The molecule has 1 saturated heterocycles. The Labute approximate surface area is 207 Å². The minimum Gasteiger partial charge on any atom is -0.462 e. The van der Waals surface area contributed by atoms with E-state index >= 15 is 0 Å². The van der Waals surface area contributed by atoms with Crippen LogP contribution in [0, 0.1) is 13.8 Å². The molecule has 0 saturated carbocycles. The summed E-state index contributed by atoms with van der Waals surface area (Å²) in [6.45, 7) is 8.27. The van der Waals surface area contributed by atoms with Gasteiger partial charge in [-0.15, -0.1) is 10.2 Å². The Hall–Kier alpha value is -3.47. The molecule has 1 N–H and O–H groups in total. The molecule has 0 aromatic carbocycles. The molecule has 0 radical (unpaired) electrons. The molecule has 184 valence electrons. The van der Waals surface area contributed by atoms with Crippen molar-refractivity contribution in [3.8, 4) is 5.82 Å². The number of hydrogen-bond donors (Lipinski definition) is 1. The predicted molar refractivity (Wildman–Crippen MR) is 130 cm³/mol. The third-order valence-electron chi connectivity index (χ3n) is 5.90. The van der Waals surface area contributed by atoms with E-state index < -0.39 is 11.2 Å². The highest BCUT2D eigenvalue weighted by Gasteiger charge is 2.29. The summed E-state index contributed by atoms with van der Waals surface area (Å²) in [5, 5.41) is 8.63. The minimum absolute atomic E-state index is 0.0910. The van der Waals surface area contributed by atoms with Gasteiger partial charge in [0.05, 0.1) is 29.7 Å². The van der Waals surface area contributed by atoms with E-state index in [1.165, 1.54) is 11.8 Å². The smallest absolute Gasteiger partial charge is 0.340 e. The lowest BCUT2D eigenvalue weighted by atomic mass is 10.1. The number of hydrogen-bond acceptors (Lipinski definition) is 8. The molecule has 35 heavy (non-hydrogen) atoms. The number of aromatic amines is 1.